The van der Waals surface area contributed by atoms with Crippen LogP contribution in [0.1, 0.15) is 29.7 Å². The Kier molecular flexibility index (Phi) is 8.49. The van der Waals surface area contributed by atoms with Crippen molar-refractivity contribution in [1.82, 2.24) is 10.2 Å². The molecule has 2 aliphatic heterocycles. The number of benzene rings is 3. The molecule has 1 aromatic heterocycles. The molecular formula is C30H23Cl2N3O6S2. The highest BCUT2D eigenvalue weighted by Crippen LogP contribution is 2.45. The van der Waals surface area contributed by atoms with E-state index in [1.165, 1.54) is 16.7 Å². The number of halogens is 2. The molecular weight excluding hydrogens is 633 g/mol. The number of hydrogen-bond acceptors (Lipinski definition) is 10. The average molecular weight is 657 g/mol. The highest BCUT2D eigenvalue weighted by Gasteiger charge is 2.48. The van der Waals surface area contributed by atoms with Crippen LogP contribution in [0, 0.1) is 0 Å². The van der Waals surface area contributed by atoms with Crippen LogP contribution >= 0.6 is 46.3 Å². The Hall–Kier alpha value is -3.77. The molecule has 3 aromatic carbocycles. The second-order valence-electron chi connectivity index (χ2n) is 9.40. The minimum absolute atomic E-state index is 0.0804. The van der Waals surface area contributed by atoms with Gasteiger partial charge in [-0.1, -0.05) is 64.5 Å². The maximum Gasteiger partial charge on any atom is 0.301 e. The zero-order valence-electron chi connectivity index (χ0n) is 22.6. The van der Waals surface area contributed by atoms with Crippen LogP contribution in [0.25, 0.3) is 5.76 Å². The molecule has 0 bridgehead atoms. The highest BCUT2D eigenvalue weighted by molar-refractivity contribution is 8.00. The van der Waals surface area contributed by atoms with E-state index in [-0.39, 0.29) is 16.5 Å². The van der Waals surface area contributed by atoms with E-state index in [9.17, 15) is 14.7 Å². The lowest BCUT2D eigenvalue weighted by molar-refractivity contribution is -0.132. The van der Waals surface area contributed by atoms with E-state index >= 15 is 0 Å². The minimum atomic E-state index is -0.972. The number of thioether (sulfide) groups is 1. The topological polar surface area (TPSA) is 111 Å². The molecule has 4 aromatic rings. The molecule has 1 atom stereocenters. The third-order valence-corrected chi connectivity index (χ3v) is 9.43. The van der Waals surface area contributed by atoms with Gasteiger partial charge in [0, 0.05) is 21.4 Å². The van der Waals surface area contributed by atoms with Gasteiger partial charge in [0.1, 0.15) is 24.7 Å². The molecule has 1 unspecified atom stereocenters. The summed E-state index contributed by atoms with van der Waals surface area (Å²) in [6.45, 7) is 3.13. The summed E-state index contributed by atoms with van der Waals surface area (Å²) in [7, 11) is 0. The summed E-state index contributed by atoms with van der Waals surface area (Å²) in [5.74, 6) is 0.0863. The molecule has 220 valence electrons. The van der Waals surface area contributed by atoms with E-state index in [4.69, 9.17) is 37.4 Å². The fraction of sp³-hybridized carbons (Fsp3) is 0.200. The van der Waals surface area contributed by atoms with Crippen molar-refractivity contribution in [2.24, 2.45) is 0 Å². The number of amides is 1. The number of aliphatic hydroxyl groups excluding tert-OH is 1. The molecule has 1 fully saturated rings. The zero-order valence-corrected chi connectivity index (χ0v) is 25.7. The summed E-state index contributed by atoms with van der Waals surface area (Å²) >= 11 is 14.9. The van der Waals surface area contributed by atoms with Gasteiger partial charge >= 0.3 is 5.91 Å². The zero-order chi connectivity index (χ0) is 30.1. The number of rotatable bonds is 8. The lowest BCUT2D eigenvalue weighted by Gasteiger charge is -2.23. The van der Waals surface area contributed by atoms with Gasteiger partial charge in [0.25, 0.3) is 5.78 Å². The van der Waals surface area contributed by atoms with Crippen LogP contribution in [-0.4, -0.2) is 46.8 Å². The molecule has 0 spiro atoms. The van der Waals surface area contributed by atoms with Crippen molar-refractivity contribution in [3.63, 3.8) is 0 Å². The Morgan fingerprint density at radius 1 is 1.05 bits per heavy atom. The van der Waals surface area contributed by atoms with Crippen molar-refractivity contribution in [1.29, 1.82) is 0 Å². The van der Waals surface area contributed by atoms with E-state index in [1.54, 1.807) is 54.6 Å². The third kappa shape index (κ3) is 5.90. The molecule has 13 heteroatoms. The number of Topliss-reactive ketones (excluding diaryl/α,β-unsaturated/α-hetero) is 1. The molecule has 0 aliphatic carbocycles. The van der Waals surface area contributed by atoms with Crippen LogP contribution in [0.2, 0.25) is 10.0 Å². The predicted octanol–water partition coefficient (Wildman–Crippen LogP) is 6.93. The standard InChI is InChI=1S/C30H23Cl2N3O6S2/c1-2-39-20-8-4-16(5-9-20)25-24(26(36)17-6-10-22-23(13-17)41-12-11-40-22)27(37)28(38)35(25)29-33-34-30(43-29)42-15-18-3-7-19(31)14-21(18)32/h3-10,13-14,25,36H,2,11-12,15H2,1H3/b26-24+. The molecule has 0 radical (unpaired) electrons. The van der Waals surface area contributed by atoms with Crippen molar-refractivity contribution < 1.29 is 28.9 Å². The molecule has 3 heterocycles. The summed E-state index contributed by atoms with van der Waals surface area (Å²) < 4.78 is 17.4. The second-order valence-corrected chi connectivity index (χ2v) is 12.4. The number of carbonyl (C=O) groups excluding carboxylic acids is 2. The van der Waals surface area contributed by atoms with Gasteiger partial charge in [0.2, 0.25) is 5.13 Å². The van der Waals surface area contributed by atoms with E-state index in [0.29, 0.717) is 68.3 Å². The number of aromatic nitrogens is 2. The highest BCUT2D eigenvalue weighted by atomic mass is 35.5. The average Bonchev–Trinajstić information content (AvgIpc) is 3.58. The van der Waals surface area contributed by atoms with Gasteiger partial charge in [-0.25, -0.2) is 0 Å². The van der Waals surface area contributed by atoms with Crippen molar-refractivity contribution in [2.75, 3.05) is 24.7 Å². The number of fused-ring (bicyclic) bond motifs is 1. The lowest BCUT2D eigenvalue weighted by Crippen LogP contribution is -2.29. The molecule has 0 saturated carbocycles. The van der Waals surface area contributed by atoms with Gasteiger partial charge < -0.3 is 19.3 Å². The first-order valence-electron chi connectivity index (χ1n) is 13.2. The van der Waals surface area contributed by atoms with Gasteiger partial charge in [-0.2, -0.15) is 0 Å². The SMILES string of the molecule is CCOc1ccc(C2/C(=C(\O)c3ccc4c(c3)OCCO4)C(=O)C(=O)N2c2nnc(SCc3ccc(Cl)cc3Cl)s2)cc1. The molecule has 1 saturated heterocycles. The number of ketones is 1. The normalized spacial score (nSPS) is 17.4. The Morgan fingerprint density at radius 3 is 2.56 bits per heavy atom. The van der Waals surface area contributed by atoms with Gasteiger partial charge in [0.05, 0.1) is 18.2 Å². The Bertz CT molecular complexity index is 1740. The second kappa shape index (κ2) is 12.5. The molecule has 2 aliphatic rings. The number of carbonyl (C=O) groups is 2. The Morgan fingerprint density at radius 2 is 1.81 bits per heavy atom. The van der Waals surface area contributed by atoms with Crippen LogP contribution in [0.4, 0.5) is 5.13 Å². The molecule has 1 amide bonds. The van der Waals surface area contributed by atoms with Gasteiger partial charge in [-0.15, -0.1) is 10.2 Å². The monoisotopic (exact) mass is 655 g/mol. The van der Waals surface area contributed by atoms with E-state index in [0.717, 1.165) is 16.9 Å². The van der Waals surface area contributed by atoms with E-state index < -0.39 is 17.7 Å². The molecule has 6 rings (SSSR count). The van der Waals surface area contributed by atoms with Crippen molar-refractivity contribution >= 4 is 68.9 Å². The van der Waals surface area contributed by atoms with Crippen molar-refractivity contribution in [2.45, 2.75) is 23.1 Å². The van der Waals surface area contributed by atoms with Gasteiger partial charge in [0.15, 0.2) is 15.8 Å². The summed E-state index contributed by atoms with van der Waals surface area (Å²) in [4.78, 5) is 28.4. The van der Waals surface area contributed by atoms with Gasteiger partial charge in [-0.3, -0.25) is 14.5 Å². The predicted molar refractivity (Wildman–Crippen MR) is 166 cm³/mol. The van der Waals surface area contributed by atoms with Crippen molar-refractivity contribution in [3.8, 4) is 17.2 Å². The maximum absolute atomic E-state index is 13.6. The number of aliphatic hydroxyl groups is 1. The van der Waals surface area contributed by atoms with Crippen LogP contribution in [0.3, 0.4) is 0 Å². The molecule has 1 N–H and O–H groups in total. The minimum Gasteiger partial charge on any atom is -0.507 e. The molecule has 43 heavy (non-hydrogen) atoms. The third-order valence-electron chi connectivity index (χ3n) is 6.74. The van der Waals surface area contributed by atoms with Gasteiger partial charge in [-0.05, 0) is 60.5 Å². The first kappa shape index (κ1) is 29.3. The summed E-state index contributed by atoms with van der Waals surface area (Å²) in [6, 6.07) is 16.2. The fourth-order valence-electron chi connectivity index (χ4n) is 4.74. The van der Waals surface area contributed by atoms with Crippen molar-refractivity contribution in [3.05, 3.63) is 93.0 Å². The maximum atomic E-state index is 13.6. The van der Waals surface area contributed by atoms with E-state index in [1.807, 2.05) is 13.0 Å². The van der Waals surface area contributed by atoms with Crippen LogP contribution in [0.15, 0.2) is 70.6 Å². The van der Waals surface area contributed by atoms with E-state index in [2.05, 4.69) is 10.2 Å². The Balaban J connectivity index is 1.38. The number of nitrogens with zero attached hydrogens (tertiary/aromatic N) is 3. The largest absolute Gasteiger partial charge is 0.507 e. The lowest BCUT2D eigenvalue weighted by atomic mass is 9.95. The summed E-state index contributed by atoms with van der Waals surface area (Å²) in [6.07, 6.45) is 0. The smallest absolute Gasteiger partial charge is 0.301 e. The number of anilines is 1. The van der Waals surface area contributed by atoms with Crippen LogP contribution in [0.5, 0.6) is 17.2 Å². The summed E-state index contributed by atoms with van der Waals surface area (Å²) in [5.41, 5.74) is 1.68. The molecule has 9 nitrogen and oxygen atoms in total. The quantitative estimate of drug-likeness (QED) is 0.0710. The first-order valence-corrected chi connectivity index (χ1v) is 15.7. The van der Waals surface area contributed by atoms with Crippen LogP contribution < -0.4 is 19.1 Å². The number of hydrogen-bond donors (Lipinski definition) is 1. The number of ether oxygens (including phenoxy) is 3. The Labute approximate surface area is 265 Å². The summed E-state index contributed by atoms with van der Waals surface area (Å²) in [5, 5.41) is 21.3. The first-order chi connectivity index (χ1) is 20.8. The fourth-order valence-corrected chi connectivity index (χ4v) is 7.17. The van der Waals surface area contributed by atoms with Crippen LogP contribution in [-0.2, 0) is 15.3 Å².